The molecule has 148 valence electrons. The van der Waals surface area contributed by atoms with Gasteiger partial charge in [-0.05, 0) is 61.2 Å². The highest BCUT2D eigenvalue weighted by Gasteiger charge is 2.24. The molecule has 1 saturated heterocycles. The van der Waals surface area contributed by atoms with Crippen LogP contribution in [0.15, 0.2) is 67.0 Å². The normalized spacial score (nSPS) is 14.4. The lowest BCUT2D eigenvalue weighted by Crippen LogP contribution is -2.36. The van der Waals surface area contributed by atoms with Gasteiger partial charge in [0.1, 0.15) is 11.6 Å². The fourth-order valence-corrected chi connectivity index (χ4v) is 3.61. The lowest BCUT2D eigenvalue weighted by atomic mass is 9.90. The van der Waals surface area contributed by atoms with E-state index in [0.29, 0.717) is 11.8 Å². The Morgan fingerprint density at radius 2 is 1.76 bits per heavy atom. The van der Waals surface area contributed by atoms with Crippen molar-refractivity contribution in [3.63, 3.8) is 0 Å². The third kappa shape index (κ3) is 4.71. The van der Waals surface area contributed by atoms with Crippen LogP contribution in [0.3, 0.4) is 0 Å². The van der Waals surface area contributed by atoms with Gasteiger partial charge < -0.3 is 15.0 Å². The van der Waals surface area contributed by atoms with E-state index in [2.05, 4.69) is 21.4 Å². The molecular formula is C23H24N4O2. The van der Waals surface area contributed by atoms with Crippen LogP contribution in [0.5, 0.6) is 11.6 Å². The van der Waals surface area contributed by atoms with Gasteiger partial charge in [0.15, 0.2) is 0 Å². The third-order valence-corrected chi connectivity index (χ3v) is 5.19. The second-order valence-electron chi connectivity index (χ2n) is 7.14. The average molecular weight is 388 g/mol. The number of nitrogens with zero attached hydrogens (tertiary/aromatic N) is 3. The number of aromatic nitrogens is 2. The minimum atomic E-state index is 0.144. The molecule has 1 fully saturated rings. The van der Waals surface area contributed by atoms with E-state index < -0.39 is 0 Å². The fraction of sp³-hybridized carbons (Fsp3) is 0.261. The summed E-state index contributed by atoms with van der Waals surface area (Å²) in [5.74, 6) is 2.66. The van der Waals surface area contributed by atoms with Crippen LogP contribution >= 0.6 is 0 Å². The van der Waals surface area contributed by atoms with Crippen LogP contribution in [-0.4, -0.2) is 33.9 Å². The molecule has 0 saturated carbocycles. The zero-order valence-corrected chi connectivity index (χ0v) is 16.4. The molecule has 1 amide bonds. The van der Waals surface area contributed by atoms with Gasteiger partial charge in [-0.25, -0.2) is 9.97 Å². The van der Waals surface area contributed by atoms with Crippen molar-refractivity contribution in [3.8, 4) is 11.6 Å². The Labute approximate surface area is 170 Å². The summed E-state index contributed by atoms with van der Waals surface area (Å²) in [5, 5.41) is 3.26. The topological polar surface area (TPSA) is 67.4 Å². The number of amides is 1. The number of carbonyl (C=O) groups excluding carboxylic acids is 1. The first-order chi connectivity index (χ1) is 14.2. The van der Waals surface area contributed by atoms with Crippen molar-refractivity contribution in [1.29, 1.82) is 0 Å². The molecule has 29 heavy (non-hydrogen) atoms. The van der Waals surface area contributed by atoms with E-state index in [1.165, 1.54) is 0 Å². The molecule has 3 heterocycles. The van der Waals surface area contributed by atoms with Gasteiger partial charge in [-0.3, -0.25) is 4.79 Å². The van der Waals surface area contributed by atoms with Crippen molar-refractivity contribution in [1.82, 2.24) is 14.9 Å². The standard InChI is InChI=1S/C23H24N4O2/c1-17(28)27-15-11-18(12-16-27)21-5-4-14-25-23(21)29-20-9-7-19(8-10-20)26-22-6-2-3-13-24-22/h2-10,13-14,18H,11-12,15-16H2,1H3,(H,24,26). The molecule has 6 heteroatoms. The maximum Gasteiger partial charge on any atom is 0.222 e. The summed E-state index contributed by atoms with van der Waals surface area (Å²) in [5.41, 5.74) is 2.04. The Morgan fingerprint density at radius 1 is 1.00 bits per heavy atom. The molecule has 0 unspecified atom stereocenters. The fourth-order valence-electron chi connectivity index (χ4n) is 3.61. The number of piperidine rings is 1. The van der Waals surface area contributed by atoms with Crippen LogP contribution in [0.25, 0.3) is 0 Å². The summed E-state index contributed by atoms with van der Waals surface area (Å²) in [7, 11) is 0. The smallest absolute Gasteiger partial charge is 0.222 e. The van der Waals surface area contributed by atoms with Crippen LogP contribution in [0, 0.1) is 0 Å². The Balaban J connectivity index is 1.44. The number of ether oxygens (including phenoxy) is 1. The number of anilines is 2. The number of pyridine rings is 2. The largest absolute Gasteiger partial charge is 0.439 e. The lowest BCUT2D eigenvalue weighted by molar-refractivity contribution is -0.129. The Hall–Kier alpha value is -3.41. The maximum atomic E-state index is 11.6. The summed E-state index contributed by atoms with van der Waals surface area (Å²) in [6.07, 6.45) is 5.35. The highest BCUT2D eigenvalue weighted by molar-refractivity contribution is 5.73. The van der Waals surface area contributed by atoms with Crippen molar-refractivity contribution < 1.29 is 9.53 Å². The lowest BCUT2D eigenvalue weighted by Gasteiger charge is -2.31. The average Bonchev–Trinajstić information content (AvgIpc) is 2.76. The molecule has 0 spiro atoms. The zero-order valence-electron chi connectivity index (χ0n) is 16.4. The number of carbonyl (C=O) groups is 1. The molecule has 4 rings (SSSR count). The van der Waals surface area contributed by atoms with E-state index in [4.69, 9.17) is 4.74 Å². The number of nitrogens with one attached hydrogen (secondary N) is 1. The van der Waals surface area contributed by atoms with E-state index >= 15 is 0 Å². The molecule has 0 aliphatic carbocycles. The SMILES string of the molecule is CC(=O)N1CCC(c2cccnc2Oc2ccc(Nc3ccccn3)cc2)CC1. The van der Waals surface area contributed by atoms with Gasteiger partial charge in [-0.1, -0.05) is 12.1 Å². The number of likely N-dealkylation sites (tertiary alicyclic amines) is 1. The van der Waals surface area contributed by atoms with Gasteiger partial charge in [0, 0.05) is 43.7 Å². The highest BCUT2D eigenvalue weighted by atomic mass is 16.5. The maximum absolute atomic E-state index is 11.6. The third-order valence-electron chi connectivity index (χ3n) is 5.19. The summed E-state index contributed by atoms with van der Waals surface area (Å²) < 4.78 is 6.11. The Morgan fingerprint density at radius 3 is 2.45 bits per heavy atom. The highest BCUT2D eigenvalue weighted by Crippen LogP contribution is 2.35. The molecule has 0 radical (unpaired) electrons. The molecule has 0 bridgehead atoms. The molecule has 1 N–H and O–H groups in total. The molecule has 2 aromatic heterocycles. The van der Waals surface area contributed by atoms with Gasteiger partial charge in [0.25, 0.3) is 0 Å². The van der Waals surface area contributed by atoms with Gasteiger partial charge in [-0.15, -0.1) is 0 Å². The van der Waals surface area contributed by atoms with Crippen molar-refractivity contribution in [2.75, 3.05) is 18.4 Å². The van der Waals surface area contributed by atoms with Crippen LogP contribution in [0.1, 0.15) is 31.2 Å². The summed E-state index contributed by atoms with van der Waals surface area (Å²) in [4.78, 5) is 22.2. The minimum absolute atomic E-state index is 0.144. The number of rotatable bonds is 5. The van der Waals surface area contributed by atoms with E-state index in [0.717, 1.165) is 48.7 Å². The minimum Gasteiger partial charge on any atom is -0.439 e. The number of benzene rings is 1. The predicted molar refractivity (Wildman–Crippen MR) is 113 cm³/mol. The molecule has 1 aliphatic rings. The summed E-state index contributed by atoms with van der Waals surface area (Å²) >= 11 is 0. The first kappa shape index (κ1) is 18.9. The van der Waals surface area contributed by atoms with Crippen molar-refractivity contribution >= 4 is 17.4 Å². The zero-order chi connectivity index (χ0) is 20.1. The molecule has 6 nitrogen and oxygen atoms in total. The second-order valence-corrected chi connectivity index (χ2v) is 7.14. The first-order valence-electron chi connectivity index (χ1n) is 9.85. The van der Waals surface area contributed by atoms with Gasteiger partial charge in [-0.2, -0.15) is 0 Å². The van der Waals surface area contributed by atoms with Crippen molar-refractivity contribution in [2.45, 2.75) is 25.7 Å². The predicted octanol–water partition coefficient (Wildman–Crippen LogP) is 4.74. The summed E-state index contributed by atoms with van der Waals surface area (Å²) in [6, 6.07) is 17.5. The van der Waals surface area contributed by atoms with Crippen molar-refractivity contribution in [2.24, 2.45) is 0 Å². The number of hydrogen-bond donors (Lipinski definition) is 1. The monoisotopic (exact) mass is 388 g/mol. The van der Waals surface area contributed by atoms with E-state index in [9.17, 15) is 4.79 Å². The number of hydrogen-bond acceptors (Lipinski definition) is 5. The molecule has 0 atom stereocenters. The molecule has 1 aromatic carbocycles. The Bertz CT molecular complexity index is 952. The molecule has 1 aliphatic heterocycles. The molecular weight excluding hydrogens is 364 g/mol. The van der Waals surface area contributed by atoms with Gasteiger partial charge in [0.2, 0.25) is 11.8 Å². The van der Waals surface area contributed by atoms with Crippen LogP contribution < -0.4 is 10.1 Å². The van der Waals surface area contributed by atoms with E-state index in [1.54, 1.807) is 19.3 Å². The molecule has 3 aromatic rings. The Kier molecular flexibility index (Phi) is 5.70. The van der Waals surface area contributed by atoms with Crippen molar-refractivity contribution in [3.05, 3.63) is 72.6 Å². The van der Waals surface area contributed by atoms with E-state index in [1.807, 2.05) is 53.4 Å². The van der Waals surface area contributed by atoms with Crippen LogP contribution in [0.4, 0.5) is 11.5 Å². The van der Waals surface area contributed by atoms with Crippen LogP contribution in [-0.2, 0) is 4.79 Å². The first-order valence-corrected chi connectivity index (χ1v) is 9.85. The quantitative estimate of drug-likeness (QED) is 0.684. The van der Waals surface area contributed by atoms with Gasteiger partial charge in [0.05, 0.1) is 0 Å². The van der Waals surface area contributed by atoms with E-state index in [-0.39, 0.29) is 5.91 Å². The second kappa shape index (κ2) is 8.73. The summed E-state index contributed by atoms with van der Waals surface area (Å²) in [6.45, 7) is 3.19. The van der Waals surface area contributed by atoms with Gasteiger partial charge >= 0.3 is 0 Å². The van der Waals surface area contributed by atoms with Crippen LogP contribution in [0.2, 0.25) is 0 Å².